The van der Waals surface area contributed by atoms with Crippen LogP contribution in [0.25, 0.3) is 0 Å². The van der Waals surface area contributed by atoms with Crippen LogP contribution >= 0.6 is 0 Å². The SMILES string of the molecule is CC(=O)c1cccc(NC(=O)NC[N+]2([C@H]3CC[C@@H](Cc4ccc(F)cc4)CC3)CCCC2)c1. The van der Waals surface area contributed by atoms with Crippen LogP contribution in [0.3, 0.4) is 0 Å². The standard InChI is InChI=1S/C27H34FN3O2/c1-20(32)23-5-4-6-25(18-23)30-27(33)29-19-31(15-2-3-16-31)26-13-9-22(10-14-26)17-21-7-11-24(28)12-8-21/h4-8,11-12,18,22,26H,2-3,9-10,13-17,19H2,1H3,(H-,29,30,33)/p+1/t22-,26+. The van der Waals surface area contributed by atoms with Crippen molar-refractivity contribution in [3.05, 3.63) is 65.5 Å². The van der Waals surface area contributed by atoms with Crippen LogP contribution in [-0.4, -0.2) is 42.1 Å². The third-order valence-electron chi connectivity index (χ3n) is 7.57. The number of anilines is 1. The number of halogens is 1. The molecule has 5 nitrogen and oxygen atoms in total. The number of ketones is 1. The van der Waals surface area contributed by atoms with Crippen molar-refractivity contribution in [3.63, 3.8) is 0 Å². The second-order valence-electron chi connectivity index (χ2n) is 9.80. The quantitative estimate of drug-likeness (QED) is 0.429. The van der Waals surface area contributed by atoms with Crippen LogP contribution in [0.4, 0.5) is 14.9 Å². The highest BCUT2D eigenvalue weighted by molar-refractivity contribution is 5.96. The lowest BCUT2D eigenvalue weighted by atomic mass is 9.81. The first-order valence-corrected chi connectivity index (χ1v) is 12.2. The van der Waals surface area contributed by atoms with E-state index in [1.807, 2.05) is 12.1 Å². The van der Waals surface area contributed by atoms with E-state index in [-0.39, 0.29) is 17.6 Å². The van der Waals surface area contributed by atoms with E-state index in [0.29, 0.717) is 29.9 Å². The van der Waals surface area contributed by atoms with E-state index in [1.54, 1.807) is 36.4 Å². The minimum Gasteiger partial charge on any atom is -0.308 e. The molecule has 2 aromatic carbocycles. The number of hydrogen-bond acceptors (Lipinski definition) is 2. The summed E-state index contributed by atoms with van der Waals surface area (Å²) in [5.74, 6) is 0.459. The highest BCUT2D eigenvalue weighted by Crippen LogP contribution is 2.36. The van der Waals surface area contributed by atoms with Gasteiger partial charge in [0.15, 0.2) is 12.5 Å². The predicted octanol–water partition coefficient (Wildman–Crippen LogP) is 5.52. The Morgan fingerprint density at radius 1 is 1.00 bits per heavy atom. The number of rotatable bonds is 7. The van der Waals surface area contributed by atoms with Crippen LogP contribution in [0.5, 0.6) is 0 Å². The van der Waals surface area contributed by atoms with Gasteiger partial charge in [0.2, 0.25) is 0 Å². The maximum absolute atomic E-state index is 13.2. The van der Waals surface area contributed by atoms with Gasteiger partial charge in [-0.05, 0) is 74.8 Å². The molecule has 176 valence electrons. The summed E-state index contributed by atoms with van der Waals surface area (Å²) in [5, 5.41) is 6.00. The zero-order valence-electron chi connectivity index (χ0n) is 19.5. The average Bonchev–Trinajstić information content (AvgIpc) is 3.30. The van der Waals surface area contributed by atoms with Gasteiger partial charge in [-0.2, -0.15) is 0 Å². The molecular weight excluding hydrogens is 417 g/mol. The van der Waals surface area contributed by atoms with Crippen LogP contribution < -0.4 is 10.6 Å². The summed E-state index contributed by atoms with van der Waals surface area (Å²) in [7, 11) is 0. The van der Waals surface area contributed by atoms with Crippen molar-refractivity contribution in [2.75, 3.05) is 25.1 Å². The monoisotopic (exact) mass is 452 g/mol. The molecule has 2 fully saturated rings. The Hall–Kier alpha value is -2.73. The van der Waals surface area contributed by atoms with Crippen LogP contribution in [0.15, 0.2) is 48.5 Å². The molecule has 0 aromatic heterocycles. The molecule has 0 unspecified atom stereocenters. The van der Waals surface area contributed by atoms with Crippen LogP contribution in [0, 0.1) is 11.7 Å². The van der Waals surface area contributed by atoms with Crippen molar-refractivity contribution in [3.8, 4) is 0 Å². The van der Waals surface area contributed by atoms with E-state index in [1.165, 1.54) is 51.0 Å². The second-order valence-corrected chi connectivity index (χ2v) is 9.80. The first-order chi connectivity index (χ1) is 15.9. The van der Waals surface area contributed by atoms with Crippen molar-refractivity contribution in [1.29, 1.82) is 0 Å². The van der Waals surface area contributed by atoms with Gasteiger partial charge < -0.3 is 9.80 Å². The normalized spacial score (nSPS) is 22.0. The number of likely N-dealkylation sites (tertiary alicyclic amines) is 1. The Kier molecular flexibility index (Phi) is 7.43. The van der Waals surface area contributed by atoms with Gasteiger partial charge in [0.25, 0.3) is 0 Å². The summed E-state index contributed by atoms with van der Waals surface area (Å²) in [6.45, 7) is 4.40. The molecule has 0 radical (unpaired) electrons. The maximum Gasteiger partial charge on any atom is 0.323 e. The summed E-state index contributed by atoms with van der Waals surface area (Å²) in [6.07, 6.45) is 8.16. The first-order valence-electron chi connectivity index (χ1n) is 12.2. The third-order valence-corrected chi connectivity index (χ3v) is 7.57. The van der Waals surface area contributed by atoms with Crippen LogP contribution in [0.1, 0.15) is 61.4 Å². The van der Waals surface area contributed by atoms with E-state index in [9.17, 15) is 14.0 Å². The maximum atomic E-state index is 13.2. The van der Waals surface area contributed by atoms with Gasteiger partial charge in [-0.3, -0.25) is 10.1 Å². The molecule has 4 rings (SSSR count). The van der Waals surface area contributed by atoms with Crippen molar-refractivity contribution in [1.82, 2.24) is 5.32 Å². The Balaban J connectivity index is 1.30. The molecule has 0 bridgehead atoms. The Bertz CT molecular complexity index is 962. The largest absolute Gasteiger partial charge is 0.323 e. The predicted molar refractivity (Wildman–Crippen MR) is 129 cm³/mol. The Labute approximate surface area is 196 Å². The molecule has 1 saturated heterocycles. The lowest BCUT2D eigenvalue weighted by molar-refractivity contribution is -0.943. The van der Waals surface area contributed by atoms with Crippen molar-refractivity contribution < 1.29 is 18.5 Å². The van der Waals surface area contributed by atoms with E-state index in [0.717, 1.165) is 24.0 Å². The third kappa shape index (κ3) is 5.99. The van der Waals surface area contributed by atoms with E-state index in [4.69, 9.17) is 0 Å². The fourth-order valence-electron chi connectivity index (χ4n) is 5.69. The number of quaternary nitrogens is 1. The number of carbonyl (C=O) groups is 2. The number of Topliss-reactive ketones (excluding diaryl/α,β-unsaturated/α-hetero) is 1. The molecule has 0 spiro atoms. The molecule has 33 heavy (non-hydrogen) atoms. The van der Waals surface area contributed by atoms with Gasteiger partial charge >= 0.3 is 6.03 Å². The molecule has 2 aliphatic rings. The number of benzene rings is 2. The number of nitrogens with zero attached hydrogens (tertiary/aromatic N) is 1. The lowest BCUT2D eigenvalue weighted by Gasteiger charge is -2.44. The molecule has 2 amide bonds. The zero-order chi connectivity index (χ0) is 23.3. The Morgan fingerprint density at radius 2 is 1.70 bits per heavy atom. The average molecular weight is 453 g/mol. The van der Waals surface area contributed by atoms with Gasteiger partial charge in [0.1, 0.15) is 5.82 Å². The van der Waals surface area contributed by atoms with Gasteiger partial charge in [0, 0.05) is 24.1 Å². The zero-order valence-corrected chi connectivity index (χ0v) is 19.5. The number of hydrogen-bond donors (Lipinski definition) is 2. The van der Waals surface area contributed by atoms with Crippen molar-refractivity contribution in [2.45, 2.75) is 57.9 Å². The molecular formula is C27H35FN3O2+. The molecule has 1 aliphatic heterocycles. The summed E-state index contributed by atoms with van der Waals surface area (Å²) >= 11 is 0. The van der Waals surface area contributed by atoms with Gasteiger partial charge in [-0.25, -0.2) is 9.18 Å². The highest BCUT2D eigenvalue weighted by Gasteiger charge is 2.41. The molecule has 2 N–H and O–H groups in total. The van der Waals surface area contributed by atoms with Gasteiger partial charge in [0.05, 0.1) is 19.1 Å². The van der Waals surface area contributed by atoms with E-state index < -0.39 is 0 Å². The van der Waals surface area contributed by atoms with Crippen LogP contribution in [-0.2, 0) is 6.42 Å². The first kappa shape index (κ1) is 23.4. The van der Waals surface area contributed by atoms with Crippen molar-refractivity contribution in [2.24, 2.45) is 5.92 Å². The smallest absolute Gasteiger partial charge is 0.308 e. The number of urea groups is 1. The fraction of sp³-hybridized carbons (Fsp3) is 0.481. The molecule has 1 aliphatic carbocycles. The van der Waals surface area contributed by atoms with Gasteiger partial charge in [-0.1, -0.05) is 24.3 Å². The number of nitrogens with one attached hydrogen (secondary N) is 2. The van der Waals surface area contributed by atoms with Gasteiger partial charge in [-0.15, -0.1) is 0 Å². The number of amides is 2. The molecule has 1 heterocycles. The molecule has 1 saturated carbocycles. The summed E-state index contributed by atoms with van der Waals surface area (Å²) in [4.78, 5) is 24.2. The highest BCUT2D eigenvalue weighted by atomic mass is 19.1. The molecule has 6 heteroatoms. The minimum atomic E-state index is -0.218. The summed E-state index contributed by atoms with van der Waals surface area (Å²) in [5.41, 5.74) is 2.44. The summed E-state index contributed by atoms with van der Waals surface area (Å²) in [6, 6.07) is 14.3. The summed E-state index contributed by atoms with van der Waals surface area (Å²) < 4.78 is 14.2. The Morgan fingerprint density at radius 3 is 2.36 bits per heavy atom. The van der Waals surface area contributed by atoms with Crippen LogP contribution in [0.2, 0.25) is 0 Å². The fourth-order valence-corrected chi connectivity index (χ4v) is 5.69. The molecule has 2 aromatic rings. The molecule has 0 atom stereocenters. The topological polar surface area (TPSA) is 58.2 Å². The second kappa shape index (κ2) is 10.5. The van der Waals surface area contributed by atoms with E-state index in [2.05, 4.69) is 10.6 Å². The van der Waals surface area contributed by atoms with E-state index >= 15 is 0 Å². The lowest BCUT2D eigenvalue weighted by Crippen LogP contribution is -2.59. The van der Waals surface area contributed by atoms with Crippen molar-refractivity contribution >= 4 is 17.5 Å². The minimum absolute atomic E-state index is 0.0179. The number of carbonyl (C=O) groups excluding carboxylic acids is 2.